The van der Waals surface area contributed by atoms with E-state index in [4.69, 9.17) is 19.4 Å². The molecule has 0 bridgehead atoms. The third kappa shape index (κ3) is 4.74. The number of nitrogens with zero attached hydrogens (tertiary/aromatic N) is 4. The fourth-order valence-electron chi connectivity index (χ4n) is 3.84. The molecule has 156 valence electrons. The zero-order valence-corrected chi connectivity index (χ0v) is 17.7. The Bertz CT molecular complexity index is 676. The molecule has 3 heterocycles. The first kappa shape index (κ1) is 20.8. The summed E-state index contributed by atoms with van der Waals surface area (Å²) >= 11 is 0. The van der Waals surface area contributed by atoms with Gasteiger partial charge in [0, 0.05) is 44.0 Å². The predicted molar refractivity (Wildman–Crippen MR) is 108 cm³/mol. The fraction of sp³-hybridized carbons (Fsp3) is 0.762. The van der Waals surface area contributed by atoms with Gasteiger partial charge in [0.25, 0.3) is 0 Å². The minimum atomic E-state index is -0.0311. The van der Waals surface area contributed by atoms with E-state index in [2.05, 4.69) is 13.8 Å². The highest BCUT2D eigenvalue weighted by atomic mass is 16.5. The Morgan fingerprint density at radius 1 is 1.25 bits per heavy atom. The molecule has 0 N–H and O–H groups in total. The van der Waals surface area contributed by atoms with Crippen molar-refractivity contribution < 1.29 is 14.3 Å². The lowest BCUT2D eigenvalue weighted by Gasteiger charge is -2.36. The zero-order valence-electron chi connectivity index (χ0n) is 17.7. The summed E-state index contributed by atoms with van der Waals surface area (Å²) in [6, 6.07) is 0.107. The lowest BCUT2D eigenvalue weighted by molar-refractivity contribution is 0.0824. The van der Waals surface area contributed by atoms with E-state index in [1.165, 1.54) is 0 Å². The van der Waals surface area contributed by atoms with Crippen LogP contribution in [0.15, 0.2) is 0 Å². The predicted octanol–water partition coefficient (Wildman–Crippen LogP) is 3.02. The van der Waals surface area contributed by atoms with E-state index in [1.807, 2.05) is 23.6 Å². The second kappa shape index (κ2) is 9.54. The molecule has 3 rings (SSSR count). The first-order valence-corrected chi connectivity index (χ1v) is 10.7. The fourth-order valence-corrected chi connectivity index (χ4v) is 3.84. The smallest absolute Gasteiger partial charge is 0.320 e. The SMILES string of the molecule is CCN(CC)C(=O)N1CCC[C@H](Oc2nc(C(C)C)nc3c2CCOCC3)C1. The molecule has 2 amide bonds. The molecule has 1 saturated heterocycles. The van der Waals surface area contributed by atoms with Crippen molar-refractivity contribution in [2.24, 2.45) is 0 Å². The van der Waals surface area contributed by atoms with Crippen LogP contribution < -0.4 is 4.74 Å². The third-order valence-corrected chi connectivity index (χ3v) is 5.53. The number of ether oxygens (including phenoxy) is 2. The maximum absolute atomic E-state index is 12.7. The van der Waals surface area contributed by atoms with Gasteiger partial charge in [-0.3, -0.25) is 0 Å². The molecule has 2 aliphatic heterocycles. The molecule has 1 atom stereocenters. The number of aromatic nitrogens is 2. The van der Waals surface area contributed by atoms with Crippen LogP contribution in [0.1, 0.15) is 63.5 Å². The standard InChI is InChI=1S/C21H34N4O3/c1-5-24(6-2)21(26)25-11-7-8-16(14-25)28-20-17-9-12-27-13-10-18(17)22-19(23-20)15(3)4/h15-16H,5-14H2,1-4H3/t16-/m0/s1. The Hall–Kier alpha value is -1.89. The summed E-state index contributed by atoms with van der Waals surface area (Å²) in [4.78, 5) is 26.1. The van der Waals surface area contributed by atoms with Crippen LogP contribution in [0.25, 0.3) is 0 Å². The molecule has 28 heavy (non-hydrogen) atoms. The van der Waals surface area contributed by atoms with E-state index in [1.54, 1.807) is 0 Å². The number of hydrogen-bond acceptors (Lipinski definition) is 5. The van der Waals surface area contributed by atoms with Crippen LogP contribution in [0.4, 0.5) is 4.79 Å². The average molecular weight is 391 g/mol. The van der Waals surface area contributed by atoms with Gasteiger partial charge in [0.2, 0.25) is 5.88 Å². The van der Waals surface area contributed by atoms with E-state index < -0.39 is 0 Å². The normalized spacial score (nSPS) is 19.9. The second-order valence-corrected chi connectivity index (χ2v) is 7.86. The molecule has 1 fully saturated rings. The lowest BCUT2D eigenvalue weighted by Crippen LogP contribution is -2.50. The molecule has 0 aliphatic carbocycles. The van der Waals surface area contributed by atoms with Crippen LogP contribution >= 0.6 is 0 Å². The molecule has 7 heteroatoms. The largest absolute Gasteiger partial charge is 0.472 e. The third-order valence-electron chi connectivity index (χ3n) is 5.53. The van der Waals surface area contributed by atoms with Gasteiger partial charge < -0.3 is 19.3 Å². The van der Waals surface area contributed by atoms with Gasteiger partial charge in [0.05, 0.1) is 25.5 Å². The molecule has 7 nitrogen and oxygen atoms in total. The van der Waals surface area contributed by atoms with Crippen LogP contribution in [-0.2, 0) is 17.6 Å². The molecule has 0 spiro atoms. The maximum atomic E-state index is 12.7. The summed E-state index contributed by atoms with van der Waals surface area (Å²) < 4.78 is 12.0. The first-order valence-electron chi connectivity index (χ1n) is 10.7. The summed E-state index contributed by atoms with van der Waals surface area (Å²) in [6.45, 7) is 12.5. The van der Waals surface area contributed by atoms with E-state index in [9.17, 15) is 4.79 Å². The second-order valence-electron chi connectivity index (χ2n) is 7.86. The summed E-state index contributed by atoms with van der Waals surface area (Å²) in [5.41, 5.74) is 2.13. The average Bonchev–Trinajstić information content (AvgIpc) is 2.94. The van der Waals surface area contributed by atoms with E-state index in [0.29, 0.717) is 25.6 Å². The van der Waals surface area contributed by atoms with Crippen molar-refractivity contribution in [3.63, 3.8) is 0 Å². The van der Waals surface area contributed by atoms with Crippen molar-refractivity contribution in [2.45, 2.75) is 65.4 Å². The number of carbonyl (C=O) groups excluding carboxylic acids is 1. The number of urea groups is 1. The topological polar surface area (TPSA) is 67.8 Å². The number of likely N-dealkylation sites (tertiary alicyclic amines) is 1. The molecular formula is C21H34N4O3. The summed E-state index contributed by atoms with van der Waals surface area (Å²) in [6.07, 6.45) is 3.43. The van der Waals surface area contributed by atoms with Crippen molar-refractivity contribution in [2.75, 3.05) is 39.4 Å². The van der Waals surface area contributed by atoms with E-state index in [-0.39, 0.29) is 18.1 Å². The molecule has 2 aliphatic rings. The number of hydrogen-bond donors (Lipinski definition) is 0. The van der Waals surface area contributed by atoms with E-state index in [0.717, 1.165) is 62.4 Å². The quantitative estimate of drug-likeness (QED) is 0.773. The minimum Gasteiger partial charge on any atom is -0.472 e. The van der Waals surface area contributed by atoms with Crippen molar-refractivity contribution in [3.05, 3.63) is 17.1 Å². The van der Waals surface area contributed by atoms with Gasteiger partial charge in [-0.1, -0.05) is 13.8 Å². The number of amides is 2. The van der Waals surface area contributed by atoms with Crippen LogP contribution in [-0.4, -0.2) is 71.3 Å². The molecule has 0 aromatic carbocycles. The van der Waals surface area contributed by atoms with Gasteiger partial charge in [0.15, 0.2) is 0 Å². The molecule has 0 unspecified atom stereocenters. The van der Waals surface area contributed by atoms with Crippen molar-refractivity contribution in [1.29, 1.82) is 0 Å². The Morgan fingerprint density at radius 2 is 2.00 bits per heavy atom. The maximum Gasteiger partial charge on any atom is 0.320 e. The molecular weight excluding hydrogens is 356 g/mol. The zero-order chi connectivity index (χ0) is 20.1. The summed E-state index contributed by atoms with van der Waals surface area (Å²) in [5, 5.41) is 0. The number of fused-ring (bicyclic) bond motifs is 1. The van der Waals surface area contributed by atoms with Gasteiger partial charge in [-0.15, -0.1) is 0 Å². The molecule has 1 aromatic heterocycles. The van der Waals surface area contributed by atoms with Crippen molar-refractivity contribution in [3.8, 4) is 5.88 Å². The highest BCUT2D eigenvalue weighted by molar-refractivity contribution is 5.74. The number of piperidine rings is 1. The van der Waals surface area contributed by atoms with Crippen LogP contribution in [0.3, 0.4) is 0 Å². The Labute approximate surface area is 168 Å². The minimum absolute atomic E-state index is 0.0311. The highest BCUT2D eigenvalue weighted by Crippen LogP contribution is 2.27. The van der Waals surface area contributed by atoms with E-state index >= 15 is 0 Å². The van der Waals surface area contributed by atoms with Crippen LogP contribution in [0.2, 0.25) is 0 Å². The molecule has 0 saturated carbocycles. The molecule has 1 aromatic rings. The lowest BCUT2D eigenvalue weighted by atomic mass is 10.1. The van der Waals surface area contributed by atoms with Gasteiger partial charge in [-0.25, -0.2) is 9.78 Å². The van der Waals surface area contributed by atoms with Crippen molar-refractivity contribution in [1.82, 2.24) is 19.8 Å². The number of carbonyl (C=O) groups is 1. The Morgan fingerprint density at radius 3 is 2.71 bits per heavy atom. The Balaban J connectivity index is 1.78. The Kier molecular flexibility index (Phi) is 7.10. The number of rotatable bonds is 5. The monoisotopic (exact) mass is 390 g/mol. The van der Waals surface area contributed by atoms with Gasteiger partial charge >= 0.3 is 6.03 Å². The van der Waals surface area contributed by atoms with Crippen LogP contribution in [0.5, 0.6) is 5.88 Å². The summed E-state index contributed by atoms with van der Waals surface area (Å²) in [5.74, 6) is 1.76. The highest BCUT2D eigenvalue weighted by Gasteiger charge is 2.29. The van der Waals surface area contributed by atoms with Gasteiger partial charge in [0.1, 0.15) is 11.9 Å². The first-order chi connectivity index (χ1) is 13.5. The van der Waals surface area contributed by atoms with Gasteiger partial charge in [-0.2, -0.15) is 4.98 Å². The van der Waals surface area contributed by atoms with Crippen molar-refractivity contribution >= 4 is 6.03 Å². The van der Waals surface area contributed by atoms with Gasteiger partial charge in [-0.05, 0) is 26.7 Å². The van der Waals surface area contributed by atoms with Crippen LogP contribution in [0, 0.1) is 0 Å². The summed E-state index contributed by atoms with van der Waals surface area (Å²) in [7, 11) is 0. The molecule has 0 radical (unpaired) electrons.